The van der Waals surface area contributed by atoms with Crippen LogP contribution in [0.15, 0.2) is 41.8 Å². The summed E-state index contributed by atoms with van der Waals surface area (Å²) < 4.78 is 0. The first-order chi connectivity index (χ1) is 9.16. The average molecular weight is 273 g/mol. The van der Waals surface area contributed by atoms with Crippen molar-refractivity contribution in [1.82, 2.24) is 5.32 Å². The molecular formula is C17H23NS. The molecule has 0 spiro atoms. The van der Waals surface area contributed by atoms with Gasteiger partial charge in [-0.2, -0.15) is 0 Å². The van der Waals surface area contributed by atoms with Crippen LogP contribution >= 0.6 is 11.3 Å². The van der Waals surface area contributed by atoms with Crippen LogP contribution in [-0.2, 0) is 6.54 Å². The molecule has 19 heavy (non-hydrogen) atoms. The molecule has 2 heteroatoms. The van der Waals surface area contributed by atoms with Gasteiger partial charge in [0.15, 0.2) is 0 Å². The maximum absolute atomic E-state index is 3.72. The van der Waals surface area contributed by atoms with Crippen molar-refractivity contribution in [2.75, 3.05) is 0 Å². The summed E-state index contributed by atoms with van der Waals surface area (Å²) in [6.45, 7) is 7.73. The van der Waals surface area contributed by atoms with Crippen molar-refractivity contribution in [2.45, 2.75) is 39.8 Å². The maximum Gasteiger partial charge on any atom is 0.0326 e. The quantitative estimate of drug-likeness (QED) is 0.786. The minimum atomic E-state index is 0.447. The molecule has 2 aromatic rings. The van der Waals surface area contributed by atoms with Crippen LogP contribution in [0.2, 0.25) is 0 Å². The molecule has 0 aliphatic carbocycles. The van der Waals surface area contributed by atoms with Gasteiger partial charge in [-0.25, -0.2) is 0 Å². The Bertz CT molecular complexity index is 487. The van der Waals surface area contributed by atoms with Crippen LogP contribution in [0.5, 0.6) is 0 Å². The van der Waals surface area contributed by atoms with E-state index in [1.54, 1.807) is 0 Å². The largest absolute Gasteiger partial charge is 0.305 e. The lowest BCUT2D eigenvalue weighted by Crippen LogP contribution is -2.22. The minimum absolute atomic E-state index is 0.447. The maximum atomic E-state index is 3.72. The summed E-state index contributed by atoms with van der Waals surface area (Å²) in [5.41, 5.74) is 2.79. The third-order valence-electron chi connectivity index (χ3n) is 3.39. The highest BCUT2D eigenvalue weighted by Crippen LogP contribution is 2.23. The summed E-state index contributed by atoms with van der Waals surface area (Å²) >= 11 is 1.84. The summed E-state index contributed by atoms with van der Waals surface area (Å²) in [4.78, 5) is 1.45. The van der Waals surface area contributed by atoms with E-state index in [2.05, 4.69) is 67.9 Å². The third kappa shape index (κ3) is 4.19. The summed E-state index contributed by atoms with van der Waals surface area (Å²) in [5, 5.41) is 5.89. The molecule has 1 aromatic heterocycles. The lowest BCUT2D eigenvalue weighted by Gasteiger charge is -2.21. The first-order valence-electron chi connectivity index (χ1n) is 6.98. The molecule has 1 atom stereocenters. The van der Waals surface area contributed by atoms with Crippen LogP contribution < -0.4 is 5.32 Å². The summed E-state index contributed by atoms with van der Waals surface area (Å²) in [7, 11) is 0. The number of benzene rings is 1. The van der Waals surface area contributed by atoms with Gasteiger partial charge in [-0.05, 0) is 41.8 Å². The van der Waals surface area contributed by atoms with Crippen LogP contribution in [0.3, 0.4) is 0 Å². The Morgan fingerprint density at radius 3 is 2.42 bits per heavy atom. The van der Waals surface area contributed by atoms with Crippen molar-refractivity contribution in [3.8, 4) is 0 Å². The topological polar surface area (TPSA) is 12.0 Å². The van der Waals surface area contributed by atoms with Gasteiger partial charge >= 0.3 is 0 Å². The van der Waals surface area contributed by atoms with Gasteiger partial charge in [0.1, 0.15) is 0 Å². The van der Waals surface area contributed by atoms with Crippen molar-refractivity contribution in [1.29, 1.82) is 0 Å². The molecule has 0 aliphatic rings. The fourth-order valence-electron chi connectivity index (χ4n) is 2.30. The van der Waals surface area contributed by atoms with E-state index in [-0.39, 0.29) is 0 Å². The first-order valence-corrected chi connectivity index (χ1v) is 7.86. The molecule has 1 aromatic carbocycles. The molecule has 0 fully saturated rings. The highest BCUT2D eigenvalue weighted by Gasteiger charge is 2.13. The average Bonchev–Trinajstić information content (AvgIpc) is 2.81. The van der Waals surface area contributed by atoms with E-state index < -0.39 is 0 Å². The Morgan fingerprint density at radius 1 is 1.11 bits per heavy atom. The third-order valence-corrected chi connectivity index (χ3v) is 4.41. The van der Waals surface area contributed by atoms with Crippen LogP contribution in [0.4, 0.5) is 0 Å². The molecule has 1 unspecified atom stereocenters. The predicted octanol–water partition coefficient (Wildman–Crippen LogP) is 4.93. The lowest BCUT2D eigenvalue weighted by molar-refractivity contribution is 0.430. The number of hydrogen-bond acceptors (Lipinski definition) is 2. The molecule has 1 heterocycles. The smallest absolute Gasteiger partial charge is 0.0326 e. The number of aryl methyl sites for hydroxylation is 1. The molecule has 102 valence electrons. The molecule has 0 radical (unpaired) electrons. The lowest BCUT2D eigenvalue weighted by atomic mass is 9.97. The molecule has 1 nitrogen and oxygen atoms in total. The number of thiophene rings is 1. The van der Waals surface area contributed by atoms with Gasteiger partial charge in [0.25, 0.3) is 0 Å². The predicted molar refractivity (Wildman–Crippen MR) is 84.5 cm³/mol. The number of hydrogen-bond donors (Lipinski definition) is 1. The van der Waals surface area contributed by atoms with Crippen LogP contribution in [-0.4, -0.2) is 0 Å². The van der Waals surface area contributed by atoms with Gasteiger partial charge in [-0.15, -0.1) is 11.3 Å². The zero-order chi connectivity index (χ0) is 13.7. The normalized spacial score (nSPS) is 12.8. The van der Waals surface area contributed by atoms with E-state index >= 15 is 0 Å². The zero-order valence-electron chi connectivity index (χ0n) is 12.0. The summed E-state index contributed by atoms with van der Waals surface area (Å²) in [6.07, 6.45) is 1.18. The molecule has 0 aliphatic heterocycles. The SMILES string of the molecule is Cc1ccsc1CNC(CC(C)C)c1ccccc1. The fraction of sp³-hybridized carbons (Fsp3) is 0.412. The van der Waals surface area contributed by atoms with E-state index in [1.165, 1.54) is 22.4 Å². The Kier molecular flexibility index (Phi) is 5.17. The molecule has 2 rings (SSSR count). The van der Waals surface area contributed by atoms with E-state index in [0.29, 0.717) is 12.0 Å². The van der Waals surface area contributed by atoms with Crippen molar-refractivity contribution >= 4 is 11.3 Å². The number of nitrogens with one attached hydrogen (secondary N) is 1. The standard InChI is InChI=1S/C17H23NS/c1-13(2)11-16(15-7-5-4-6-8-15)18-12-17-14(3)9-10-19-17/h4-10,13,16,18H,11-12H2,1-3H3. The monoisotopic (exact) mass is 273 g/mol. The molecule has 0 bridgehead atoms. The van der Waals surface area contributed by atoms with Gasteiger partial charge < -0.3 is 5.32 Å². The van der Waals surface area contributed by atoms with E-state index in [9.17, 15) is 0 Å². The van der Waals surface area contributed by atoms with Gasteiger partial charge in [0.2, 0.25) is 0 Å². The summed E-state index contributed by atoms with van der Waals surface area (Å²) in [6, 6.07) is 13.4. The van der Waals surface area contributed by atoms with Crippen LogP contribution in [0.1, 0.15) is 42.3 Å². The second kappa shape index (κ2) is 6.88. The second-order valence-electron chi connectivity index (χ2n) is 5.50. The van der Waals surface area contributed by atoms with Crippen molar-refractivity contribution in [2.24, 2.45) is 5.92 Å². The Hall–Kier alpha value is -1.12. The van der Waals surface area contributed by atoms with Gasteiger partial charge in [0.05, 0.1) is 0 Å². The van der Waals surface area contributed by atoms with E-state index in [0.717, 1.165) is 6.54 Å². The molecule has 0 saturated heterocycles. The Labute approximate surface area is 120 Å². The molecule has 1 N–H and O–H groups in total. The highest BCUT2D eigenvalue weighted by molar-refractivity contribution is 7.10. The second-order valence-corrected chi connectivity index (χ2v) is 6.50. The first kappa shape index (κ1) is 14.3. The van der Waals surface area contributed by atoms with Crippen molar-refractivity contribution in [3.05, 3.63) is 57.8 Å². The fourth-order valence-corrected chi connectivity index (χ4v) is 3.15. The van der Waals surface area contributed by atoms with E-state index in [4.69, 9.17) is 0 Å². The molecular weight excluding hydrogens is 250 g/mol. The van der Waals surface area contributed by atoms with Crippen molar-refractivity contribution in [3.63, 3.8) is 0 Å². The van der Waals surface area contributed by atoms with Crippen molar-refractivity contribution < 1.29 is 0 Å². The molecule has 0 amide bonds. The number of rotatable bonds is 6. The van der Waals surface area contributed by atoms with Crippen LogP contribution in [0.25, 0.3) is 0 Å². The highest BCUT2D eigenvalue weighted by atomic mass is 32.1. The van der Waals surface area contributed by atoms with E-state index in [1.807, 2.05) is 11.3 Å². The zero-order valence-corrected chi connectivity index (χ0v) is 12.8. The van der Waals surface area contributed by atoms with Gasteiger partial charge in [-0.1, -0.05) is 44.2 Å². The van der Waals surface area contributed by atoms with Gasteiger partial charge in [-0.3, -0.25) is 0 Å². The molecule has 0 saturated carbocycles. The van der Waals surface area contributed by atoms with Gasteiger partial charge in [0, 0.05) is 17.5 Å². The van der Waals surface area contributed by atoms with Crippen LogP contribution in [0, 0.1) is 12.8 Å². The minimum Gasteiger partial charge on any atom is -0.305 e. The Balaban J connectivity index is 2.04. The Morgan fingerprint density at radius 2 is 1.84 bits per heavy atom. The summed E-state index contributed by atoms with van der Waals surface area (Å²) in [5.74, 6) is 0.696.